The van der Waals surface area contributed by atoms with E-state index in [1.54, 1.807) is 14.2 Å². The Hall–Kier alpha value is -3.35. The first-order valence-electron chi connectivity index (χ1n) is 9.12. The Balaban J connectivity index is 1.60. The molecule has 2 aromatic carbocycles. The van der Waals surface area contributed by atoms with E-state index in [1.807, 2.05) is 31.3 Å². The first-order chi connectivity index (χ1) is 13.6. The first-order valence-corrected chi connectivity index (χ1v) is 9.12. The van der Waals surface area contributed by atoms with Crippen LogP contribution >= 0.6 is 0 Å². The maximum absolute atomic E-state index is 5.18. The van der Waals surface area contributed by atoms with Crippen molar-refractivity contribution in [2.45, 2.75) is 20.0 Å². The van der Waals surface area contributed by atoms with Crippen LogP contribution in [0.15, 0.2) is 53.5 Å². The summed E-state index contributed by atoms with van der Waals surface area (Å²) in [6, 6.07) is 16.0. The average molecular weight is 378 g/mol. The van der Waals surface area contributed by atoms with Gasteiger partial charge in [-0.05, 0) is 42.3 Å². The summed E-state index contributed by atoms with van der Waals surface area (Å²) in [6.07, 6.45) is 0. The molecule has 146 valence electrons. The van der Waals surface area contributed by atoms with E-state index in [1.165, 1.54) is 11.1 Å². The second-order valence-electron chi connectivity index (χ2n) is 6.52. The van der Waals surface area contributed by atoms with Crippen molar-refractivity contribution < 1.29 is 4.74 Å². The molecule has 0 spiro atoms. The highest BCUT2D eigenvalue weighted by Gasteiger charge is 2.10. The lowest BCUT2D eigenvalue weighted by Crippen LogP contribution is -2.38. The minimum Gasteiger partial charge on any atom is -0.497 e. The van der Waals surface area contributed by atoms with Gasteiger partial charge in [-0.1, -0.05) is 24.3 Å². The van der Waals surface area contributed by atoms with Crippen molar-refractivity contribution in [3.05, 3.63) is 65.5 Å². The zero-order chi connectivity index (χ0) is 19.9. The van der Waals surface area contributed by atoms with Crippen LogP contribution in [0.5, 0.6) is 5.75 Å². The number of benzene rings is 2. The monoisotopic (exact) mass is 378 g/mol. The zero-order valence-electron chi connectivity index (χ0n) is 16.7. The molecule has 0 aliphatic carbocycles. The molecule has 0 amide bonds. The molecule has 7 heteroatoms. The van der Waals surface area contributed by atoms with Crippen LogP contribution in [0.25, 0.3) is 11.4 Å². The van der Waals surface area contributed by atoms with Gasteiger partial charge in [-0.2, -0.15) is 5.10 Å². The Morgan fingerprint density at radius 2 is 1.93 bits per heavy atom. The Kier molecular flexibility index (Phi) is 6.26. The quantitative estimate of drug-likeness (QED) is 0.509. The number of aromatic nitrogens is 3. The number of aliphatic imine (C=N–C) groups is 1. The second kappa shape index (κ2) is 9.03. The van der Waals surface area contributed by atoms with Crippen molar-refractivity contribution in [1.82, 2.24) is 25.4 Å². The van der Waals surface area contributed by atoms with Crippen molar-refractivity contribution in [2.24, 2.45) is 4.99 Å². The van der Waals surface area contributed by atoms with Crippen LogP contribution in [0, 0.1) is 6.92 Å². The van der Waals surface area contributed by atoms with Crippen LogP contribution in [0.2, 0.25) is 0 Å². The number of nitrogens with zero attached hydrogens (tertiary/aromatic N) is 4. The fourth-order valence-corrected chi connectivity index (χ4v) is 2.91. The van der Waals surface area contributed by atoms with Crippen LogP contribution in [0.3, 0.4) is 0 Å². The van der Waals surface area contributed by atoms with Gasteiger partial charge in [0.2, 0.25) is 0 Å². The van der Waals surface area contributed by atoms with E-state index in [0.29, 0.717) is 12.4 Å². The van der Waals surface area contributed by atoms with Crippen LogP contribution in [-0.2, 0) is 13.1 Å². The van der Waals surface area contributed by atoms with Crippen molar-refractivity contribution >= 4 is 5.96 Å². The van der Waals surface area contributed by atoms with Crippen LogP contribution in [0.1, 0.15) is 17.0 Å². The number of methoxy groups -OCH3 is 1. The summed E-state index contributed by atoms with van der Waals surface area (Å²) in [5.41, 5.74) is 3.47. The lowest BCUT2D eigenvalue weighted by molar-refractivity contribution is 0.415. The molecule has 7 nitrogen and oxygen atoms in total. The highest BCUT2D eigenvalue weighted by atomic mass is 16.5. The molecule has 0 atom stereocenters. The third-order valence-electron chi connectivity index (χ3n) is 4.54. The van der Waals surface area contributed by atoms with Crippen LogP contribution < -0.4 is 10.1 Å². The third-order valence-corrected chi connectivity index (χ3v) is 4.54. The van der Waals surface area contributed by atoms with Gasteiger partial charge in [0.05, 0.1) is 13.7 Å². The largest absolute Gasteiger partial charge is 0.497 e. The van der Waals surface area contributed by atoms with Crippen molar-refractivity contribution in [1.29, 1.82) is 0 Å². The highest BCUT2D eigenvalue weighted by Crippen LogP contribution is 2.18. The number of nitrogens with one attached hydrogen (secondary N) is 2. The number of ether oxygens (including phenoxy) is 1. The molecule has 0 aliphatic rings. The SMILES string of the molecule is CN=C(NCc1nc(-c2ccc(OC)cc2)n[nH]1)N(C)Cc1ccccc1C. The van der Waals surface area contributed by atoms with Gasteiger partial charge in [0.15, 0.2) is 11.8 Å². The van der Waals surface area contributed by atoms with Crippen molar-refractivity contribution in [3.8, 4) is 17.1 Å². The molecular weight excluding hydrogens is 352 g/mol. The van der Waals surface area contributed by atoms with Gasteiger partial charge >= 0.3 is 0 Å². The fraction of sp³-hybridized carbons (Fsp3) is 0.286. The molecule has 0 aliphatic heterocycles. The fourth-order valence-electron chi connectivity index (χ4n) is 2.91. The van der Waals surface area contributed by atoms with Gasteiger partial charge in [-0.15, -0.1) is 0 Å². The standard InChI is InChI=1S/C21H26N6O/c1-15-7-5-6-8-17(15)14-27(3)21(22-2)23-13-19-24-20(26-25-19)16-9-11-18(28-4)12-10-16/h5-12H,13-14H2,1-4H3,(H,22,23)(H,24,25,26). The number of hydrogen-bond donors (Lipinski definition) is 2. The number of aromatic amines is 1. The maximum atomic E-state index is 5.18. The van der Waals surface area contributed by atoms with Gasteiger partial charge in [-0.3, -0.25) is 10.1 Å². The molecule has 3 aromatic rings. The van der Waals surface area contributed by atoms with Gasteiger partial charge in [0.1, 0.15) is 11.6 Å². The first kappa shape index (κ1) is 19.4. The zero-order valence-corrected chi connectivity index (χ0v) is 16.7. The molecule has 0 radical (unpaired) electrons. The number of rotatable bonds is 6. The normalized spacial score (nSPS) is 11.4. The summed E-state index contributed by atoms with van der Waals surface area (Å²) in [7, 11) is 5.44. The topological polar surface area (TPSA) is 78.4 Å². The molecule has 28 heavy (non-hydrogen) atoms. The molecule has 0 bridgehead atoms. The van der Waals surface area contributed by atoms with E-state index in [0.717, 1.165) is 29.6 Å². The van der Waals surface area contributed by atoms with E-state index in [2.05, 4.69) is 61.6 Å². The molecule has 1 aromatic heterocycles. The van der Waals surface area contributed by atoms with Gasteiger partial charge in [0.25, 0.3) is 0 Å². The Bertz CT molecular complexity index is 932. The number of H-pyrrole nitrogens is 1. The minimum absolute atomic E-state index is 0.508. The van der Waals surface area contributed by atoms with Crippen LogP contribution in [0.4, 0.5) is 0 Å². The van der Waals surface area contributed by atoms with E-state index >= 15 is 0 Å². The summed E-state index contributed by atoms with van der Waals surface area (Å²) in [4.78, 5) is 11.0. The predicted molar refractivity (Wildman–Crippen MR) is 111 cm³/mol. The number of hydrogen-bond acceptors (Lipinski definition) is 4. The summed E-state index contributed by atoms with van der Waals surface area (Å²) < 4.78 is 5.18. The van der Waals surface area contributed by atoms with Gasteiger partial charge in [0, 0.05) is 26.2 Å². The van der Waals surface area contributed by atoms with Gasteiger partial charge < -0.3 is 15.0 Å². The average Bonchev–Trinajstić information content (AvgIpc) is 3.19. The molecular formula is C21H26N6O. The predicted octanol–water partition coefficient (Wildman–Crippen LogP) is 3.00. The van der Waals surface area contributed by atoms with Crippen molar-refractivity contribution in [3.63, 3.8) is 0 Å². The van der Waals surface area contributed by atoms with E-state index in [-0.39, 0.29) is 0 Å². The molecule has 1 heterocycles. The highest BCUT2D eigenvalue weighted by molar-refractivity contribution is 5.79. The molecule has 0 fully saturated rings. The summed E-state index contributed by atoms with van der Waals surface area (Å²) in [5, 5.41) is 10.6. The molecule has 3 rings (SSSR count). The molecule has 0 saturated heterocycles. The summed E-state index contributed by atoms with van der Waals surface area (Å²) >= 11 is 0. The molecule has 2 N–H and O–H groups in total. The Morgan fingerprint density at radius 1 is 1.18 bits per heavy atom. The maximum Gasteiger partial charge on any atom is 0.194 e. The lowest BCUT2D eigenvalue weighted by atomic mass is 10.1. The second-order valence-corrected chi connectivity index (χ2v) is 6.52. The Morgan fingerprint density at radius 3 is 2.61 bits per heavy atom. The molecule has 0 unspecified atom stereocenters. The van der Waals surface area contributed by atoms with E-state index < -0.39 is 0 Å². The summed E-state index contributed by atoms with van der Waals surface area (Å²) in [6.45, 7) is 3.41. The van der Waals surface area contributed by atoms with E-state index in [9.17, 15) is 0 Å². The Labute approximate surface area is 165 Å². The molecule has 0 saturated carbocycles. The van der Waals surface area contributed by atoms with Gasteiger partial charge in [-0.25, -0.2) is 4.98 Å². The van der Waals surface area contributed by atoms with Crippen LogP contribution in [-0.4, -0.2) is 47.2 Å². The number of guanidine groups is 1. The third kappa shape index (κ3) is 4.68. The lowest BCUT2D eigenvalue weighted by Gasteiger charge is -2.22. The number of aryl methyl sites for hydroxylation is 1. The minimum atomic E-state index is 0.508. The van der Waals surface area contributed by atoms with Crippen molar-refractivity contribution in [2.75, 3.05) is 21.2 Å². The smallest absolute Gasteiger partial charge is 0.194 e. The summed E-state index contributed by atoms with van der Waals surface area (Å²) in [5.74, 6) is 3.01. The van der Waals surface area contributed by atoms with E-state index in [4.69, 9.17) is 4.74 Å².